The van der Waals surface area contributed by atoms with Gasteiger partial charge in [-0.3, -0.25) is 4.90 Å². The van der Waals surface area contributed by atoms with Gasteiger partial charge in [0.25, 0.3) is 0 Å². The first kappa shape index (κ1) is 13.3. The summed E-state index contributed by atoms with van der Waals surface area (Å²) >= 11 is 6.44. The zero-order valence-electron chi connectivity index (χ0n) is 11.9. The fourth-order valence-corrected chi connectivity index (χ4v) is 3.80. The average Bonchev–Trinajstić information content (AvgIpc) is 2.87. The second kappa shape index (κ2) is 5.34. The van der Waals surface area contributed by atoms with Crippen LogP contribution >= 0.6 is 11.6 Å². The molecule has 104 valence electrons. The Bertz CT molecular complexity index is 460. The normalized spacial score (nSPS) is 27.6. The summed E-state index contributed by atoms with van der Waals surface area (Å²) in [6.07, 6.45) is 3.89. The predicted octanol–water partition coefficient (Wildman–Crippen LogP) is 3.71. The minimum absolute atomic E-state index is 0.605. The standard InChI is InChI=1S/C16H23ClN2/c1-3-13-10-18-8-4-5-14(18)11-19(13)16-9-12(2)6-7-15(16)17/h6-7,9,13-14H,3-5,8,10-11H2,1-2H3. The number of aryl methyl sites for hydroxylation is 1. The van der Waals surface area contributed by atoms with E-state index in [0.717, 1.165) is 17.6 Å². The van der Waals surface area contributed by atoms with Crippen molar-refractivity contribution in [2.75, 3.05) is 24.5 Å². The van der Waals surface area contributed by atoms with E-state index in [0.29, 0.717) is 6.04 Å². The van der Waals surface area contributed by atoms with Crippen molar-refractivity contribution in [3.63, 3.8) is 0 Å². The minimum atomic E-state index is 0.605. The number of piperazine rings is 1. The zero-order valence-corrected chi connectivity index (χ0v) is 12.7. The van der Waals surface area contributed by atoms with Crippen molar-refractivity contribution in [1.82, 2.24) is 4.90 Å². The van der Waals surface area contributed by atoms with Gasteiger partial charge < -0.3 is 4.90 Å². The van der Waals surface area contributed by atoms with Crippen molar-refractivity contribution in [3.8, 4) is 0 Å². The van der Waals surface area contributed by atoms with Gasteiger partial charge in [-0.1, -0.05) is 24.6 Å². The maximum atomic E-state index is 6.44. The van der Waals surface area contributed by atoms with E-state index >= 15 is 0 Å². The van der Waals surface area contributed by atoms with E-state index in [1.54, 1.807) is 0 Å². The zero-order chi connectivity index (χ0) is 13.4. The van der Waals surface area contributed by atoms with E-state index in [1.807, 2.05) is 6.07 Å². The van der Waals surface area contributed by atoms with E-state index < -0.39 is 0 Å². The first-order chi connectivity index (χ1) is 9.19. The summed E-state index contributed by atoms with van der Waals surface area (Å²) in [5, 5.41) is 0.899. The quantitative estimate of drug-likeness (QED) is 0.814. The molecular weight excluding hydrogens is 256 g/mol. The second-order valence-corrected chi connectivity index (χ2v) is 6.37. The van der Waals surface area contributed by atoms with Gasteiger partial charge in [-0.15, -0.1) is 0 Å². The fraction of sp³-hybridized carbons (Fsp3) is 0.625. The molecule has 2 fully saturated rings. The lowest BCUT2D eigenvalue weighted by atomic mass is 10.0. The number of hydrogen-bond acceptors (Lipinski definition) is 2. The maximum absolute atomic E-state index is 6.44. The summed E-state index contributed by atoms with van der Waals surface area (Å²) in [4.78, 5) is 5.23. The minimum Gasteiger partial charge on any atom is -0.364 e. The van der Waals surface area contributed by atoms with Gasteiger partial charge in [-0.2, -0.15) is 0 Å². The molecule has 19 heavy (non-hydrogen) atoms. The van der Waals surface area contributed by atoms with Crippen LogP contribution in [0, 0.1) is 6.92 Å². The number of nitrogens with zero attached hydrogens (tertiary/aromatic N) is 2. The highest BCUT2D eigenvalue weighted by Crippen LogP contribution is 2.34. The Morgan fingerprint density at radius 1 is 1.32 bits per heavy atom. The van der Waals surface area contributed by atoms with Crippen molar-refractivity contribution >= 4 is 17.3 Å². The molecule has 0 aromatic heterocycles. The highest BCUT2D eigenvalue weighted by molar-refractivity contribution is 6.33. The number of anilines is 1. The summed E-state index contributed by atoms with van der Waals surface area (Å²) in [7, 11) is 0. The summed E-state index contributed by atoms with van der Waals surface area (Å²) in [6, 6.07) is 7.72. The highest BCUT2D eigenvalue weighted by Gasteiger charge is 2.36. The lowest BCUT2D eigenvalue weighted by Crippen LogP contribution is -2.56. The number of hydrogen-bond donors (Lipinski definition) is 0. The summed E-state index contributed by atoms with van der Waals surface area (Å²) in [5.74, 6) is 0. The summed E-state index contributed by atoms with van der Waals surface area (Å²) in [5.41, 5.74) is 2.53. The Kier molecular flexibility index (Phi) is 3.72. The van der Waals surface area contributed by atoms with Crippen LogP contribution in [0.25, 0.3) is 0 Å². The Morgan fingerprint density at radius 3 is 2.95 bits per heavy atom. The van der Waals surface area contributed by atoms with Gasteiger partial charge in [0.2, 0.25) is 0 Å². The Hall–Kier alpha value is -0.730. The summed E-state index contributed by atoms with van der Waals surface area (Å²) in [6.45, 7) is 8.06. The van der Waals surface area contributed by atoms with Crippen LogP contribution in [0.2, 0.25) is 5.02 Å². The van der Waals surface area contributed by atoms with Crippen LogP contribution < -0.4 is 4.90 Å². The molecular formula is C16H23ClN2. The number of fused-ring (bicyclic) bond motifs is 1. The maximum Gasteiger partial charge on any atom is 0.0639 e. The van der Waals surface area contributed by atoms with Gasteiger partial charge in [-0.25, -0.2) is 0 Å². The number of halogens is 1. The molecule has 2 unspecified atom stereocenters. The lowest BCUT2D eigenvalue weighted by molar-refractivity contribution is 0.195. The van der Waals surface area contributed by atoms with Gasteiger partial charge in [0.05, 0.1) is 10.7 Å². The molecule has 2 heterocycles. The van der Waals surface area contributed by atoms with E-state index in [-0.39, 0.29) is 0 Å². The van der Waals surface area contributed by atoms with Crippen molar-refractivity contribution in [2.24, 2.45) is 0 Å². The molecule has 0 saturated carbocycles. The second-order valence-electron chi connectivity index (χ2n) is 5.96. The monoisotopic (exact) mass is 278 g/mol. The number of benzene rings is 1. The van der Waals surface area contributed by atoms with Crippen LogP contribution in [0.15, 0.2) is 18.2 Å². The smallest absolute Gasteiger partial charge is 0.0639 e. The Balaban J connectivity index is 1.90. The molecule has 3 heteroatoms. The third-order valence-corrected chi connectivity index (χ3v) is 4.99. The van der Waals surface area contributed by atoms with Crippen LogP contribution in [-0.2, 0) is 0 Å². The first-order valence-electron chi connectivity index (χ1n) is 7.46. The molecule has 2 aliphatic heterocycles. The van der Waals surface area contributed by atoms with E-state index in [9.17, 15) is 0 Å². The third kappa shape index (κ3) is 2.48. The van der Waals surface area contributed by atoms with Crippen molar-refractivity contribution in [2.45, 2.75) is 45.2 Å². The predicted molar refractivity (Wildman–Crippen MR) is 82.2 cm³/mol. The molecule has 1 aromatic rings. The largest absolute Gasteiger partial charge is 0.364 e. The van der Waals surface area contributed by atoms with Gasteiger partial charge in [0.1, 0.15) is 0 Å². The Morgan fingerprint density at radius 2 is 2.16 bits per heavy atom. The molecule has 0 N–H and O–H groups in total. The van der Waals surface area contributed by atoms with Crippen LogP contribution in [0.4, 0.5) is 5.69 Å². The highest BCUT2D eigenvalue weighted by atomic mass is 35.5. The van der Waals surface area contributed by atoms with Crippen LogP contribution in [0.3, 0.4) is 0 Å². The first-order valence-corrected chi connectivity index (χ1v) is 7.83. The number of rotatable bonds is 2. The summed E-state index contributed by atoms with van der Waals surface area (Å²) < 4.78 is 0. The molecule has 0 amide bonds. The topological polar surface area (TPSA) is 6.48 Å². The van der Waals surface area contributed by atoms with Crippen molar-refractivity contribution in [3.05, 3.63) is 28.8 Å². The lowest BCUT2D eigenvalue weighted by Gasteiger charge is -2.45. The van der Waals surface area contributed by atoms with Crippen LogP contribution in [0.5, 0.6) is 0 Å². The van der Waals surface area contributed by atoms with E-state index in [1.165, 1.54) is 43.6 Å². The molecule has 3 rings (SSSR count). The van der Waals surface area contributed by atoms with E-state index in [2.05, 4.69) is 35.8 Å². The van der Waals surface area contributed by atoms with Crippen molar-refractivity contribution < 1.29 is 0 Å². The molecule has 2 aliphatic rings. The van der Waals surface area contributed by atoms with E-state index in [4.69, 9.17) is 11.6 Å². The molecule has 2 nitrogen and oxygen atoms in total. The molecule has 0 spiro atoms. The van der Waals surface area contributed by atoms with Gasteiger partial charge in [-0.05, 0) is 50.4 Å². The molecule has 2 saturated heterocycles. The SMILES string of the molecule is CCC1CN2CCCC2CN1c1cc(C)ccc1Cl. The molecule has 0 radical (unpaired) electrons. The van der Waals surface area contributed by atoms with Crippen LogP contribution in [-0.4, -0.2) is 36.6 Å². The van der Waals surface area contributed by atoms with Crippen molar-refractivity contribution in [1.29, 1.82) is 0 Å². The van der Waals surface area contributed by atoms with Crippen LogP contribution in [0.1, 0.15) is 31.7 Å². The third-order valence-electron chi connectivity index (χ3n) is 4.67. The van der Waals surface area contributed by atoms with Gasteiger partial charge in [0.15, 0.2) is 0 Å². The van der Waals surface area contributed by atoms with Gasteiger partial charge in [0, 0.05) is 25.2 Å². The molecule has 2 atom stereocenters. The van der Waals surface area contributed by atoms with Gasteiger partial charge >= 0.3 is 0 Å². The fourth-order valence-electron chi connectivity index (χ4n) is 3.57. The molecule has 0 bridgehead atoms. The Labute approximate surface area is 121 Å². The molecule has 0 aliphatic carbocycles. The molecule has 1 aromatic carbocycles. The average molecular weight is 279 g/mol.